The maximum absolute atomic E-state index is 12.1. The first-order valence-corrected chi connectivity index (χ1v) is 7.51. The third-order valence-electron chi connectivity index (χ3n) is 4.10. The zero-order chi connectivity index (χ0) is 15.3. The molecule has 2 rings (SSSR count). The van der Waals surface area contributed by atoms with Gasteiger partial charge in [0.25, 0.3) is 0 Å². The van der Waals surface area contributed by atoms with E-state index in [4.69, 9.17) is 5.26 Å². The van der Waals surface area contributed by atoms with Crippen LogP contribution in [-0.2, 0) is 4.79 Å². The van der Waals surface area contributed by atoms with Crippen LogP contribution in [0, 0.1) is 16.7 Å². The van der Waals surface area contributed by atoms with Crippen LogP contribution in [0.3, 0.4) is 0 Å². The Bertz CT molecular complexity index is 528. The molecule has 1 aliphatic rings. The average Bonchev–Trinajstić information content (AvgIpc) is 2.61. The van der Waals surface area contributed by atoms with Gasteiger partial charge in [0.15, 0.2) is 0 Å². The van der Waals surface area contributed by atoms with Gasteiger partial charge in [-0.15, -0.1) is 0 Å². The van der Waals surface area contributed by atoms with Crippen LogP contribution in [0.15, 0.2) is 24.3 Å². The summed E-state index contributed by atoms with van der Waals surface area (Å²) in [6.45, 7) is 7.01. The smallest absolute Gasteiger partial charge is 0.238 e. The number of carbonyl (C=O) groups is 1. The molecule has 21 heavy (non-hydrogen) atoms. The van der Waals surface area contributed by atoms with E-state index in [0.29, 0.717) is 17.5 Å². The van der Waals surface area contributed by atoms with Gasteiger partial charge in [0.1, 0.15) is 0 Å². The summed E-state index contributed by atoms with van der Waals surface area (Å²) in [5, 5.41) is 11.6. The molecule has 0 spiro atoms. The Morgan fingerprint density at radius 3 is 2.67 bits per heavy atom. The number of benzene rings is 1. The molecule has 1 amide bonds. The van der Waals surface area contributed by atoms with Gasteiger partial charge in [-0.05, 0) is 62.0 Å². The highest BCUT2D eigenvalue weighted by molar-refractivity contribution is 5.92. The quantitative estimate of drug-likeness (QED) is 0.928. The number of carbonyl (C=O) groups excluding carboxylic acids is 1. The molecule has 1 heterocycles. The molecular formula is C17H23N3O. The predicted octanol–water partition coefficient (Wildman–Crippen LogP) is 3.01. The van der Waals surface area contributed by atoms with E-state index in [1.54, 1.807) is 24.3 Å². The molecule has 0 aromatic heterocycles. The Labute approximate surface area is 126 Å². The lowest BCUT2D eigenvalue weighted by molar-refractivity contribution is -0.117. The van der Waals surface area contributed by atoms with Gasteiger partial charge in [-0.1, -0.05) is 13.8 Å². The van der Waals surface area contributed by atoms with Crippen LogP contribution in [0.5, 0.6) is 0 Å². The minimum atomic E-state index is 0.0133. The molecule has 0 bridgehead atoms. The van der Waals surface area contributed by atoms with E-state index in [-0.39, 0.29) is 5.91 Å². The van der Waals surface area contributed by atoms with Gasteiger partial charge >= 0.3 is 0 Å². The number of likely N-dealkylation sites (tertiary alicyclic amines) is 1. The first-order chi connectivity index (χ1) is 9.98. The lowest BCUT2D eigenvalue weighted by atomic mass is 9.85. The van der Waals surface area contributed by atoms with Crippen molar-refractivity contribution in [1.29, 1.82) is 5.26 Å². The molecule has 0 aliphatic carbocycles. The van der Waals surface area contributed by atoms with Gasteiger partial charge in [-0.3, -0.25) is 9.69 Å². The second-order valence-electron chi connectivity index (χ2n) is 6.53. The summed E-state index contributed by atoms with van der Waals surface area (Å²) in [6.07, 6.45) is 3.51. The molecule has 1 aromatic carbocycles. The Balaban J connectivity index is 1.85. The molecule has 0 atom stereocenters. The third kappa shape index (κ3) is 4.87. The number of nitriles is 1. The number of rotatable bonds is 3. The van der Waals surface area contributed by atoms with Gasteiger partial charge in [-0.2, -0.15) is 5.26 Å². The molecule has 0 radical (unpaired) electrons. The first kappa shape index (κ1) is 15.5. The summed E-state index contributed by atoms with van der Waals surface area (Å²) in [5.41, 5.74) is 1.73. The summed E-state index contributed by atoms with van der Waals surface area (Å²) >= 11 is 0. The number of hydrogen-bond donors (Lipinski definition) is 1. The zero-order valence-electron chi connectivity index (χ0n) is 12.9. The van der Waals surface area contributed by atoms with Crippen LogP contribution in [0.25, 0.3) is 0 Å². The standard InChI is InChI=1S/C17H23N3O/c1-17(2)8-3-10-20(11-9-17)13-16(21)19-15-6-4-14(12-18)5-7-15/h4-7H,3,8-11,13H2,1-2H3,(H,19,21). The normalized spacial score (nSPS) is 18.5. The summed E-state index contributed by atoms with van der Waals surface area (Å²) in [6, 6.07) is 9.02. The lowest BCUT2D eigenvalue weighted by Crippen LogP contribution is -2.34. The van der Waals surface area contributed by atoms with Crippen molar-refractivity contribution >= 4 is 11.6 Å². The molecule has 4 nitrogen and oxygen atoms in total. The number of nitrogens with one attached hydrogen (secondary N) is 1. The molecule has 112 valence electrons. The maximum atomic E-state index is 12.1. The summed E-state index contributed by atoms with van der Waals surface area (Å²) < 4.78 is 0. The summed E-state index contributed by atoms with van der Waals surface area (Å²) in [4.78, 5) is 14.3. The van der Waals surface area contributed by atoms with E-state index < -0.39 is 0 Å². The second-order valence-corrected chi connectivity index (χ2v) is 6.53. The number of anilines is 1. The van der Waals surface area contributed by atoms with Crippen molar-refractivity contribution in [2.45, 2.75) is 33.1 Å². The molecular weight excluding hydrogens is 262 g/mol. The fourth-order valence-corrected chi connectivity index (χ4v) is 2.67. The van der Waals surface area contributed by atoms with Gasteiger partial charge < -0.3 is 5.32 Å². The highest BCUT2D eigenvalue weighted by Gasteiger charge is 2.23. The van der Waals surface area contributed by atoms with Crippen molar-refractivity contribution in [2.24, 2.45) is 5.41 Å². The SMILES string of the molecule is CC1(C)CCCN(CC(=O)Nc2ccc(C#N)cc2)CC1. The van der Waals surface area contributed by atoms with Crippen LogP contribution in [-0.4, -0.2) is 30.4 Å². The monoisotopic (exact) mass is 285 g/mol. The molecule has 1 fully saturated rings. The predicted molar refractivity (Wildman–Crippen MR) is 83.9 cm³/mol. The highest BCUT2D eigenvalue weighted by Crippen LogP contribution is 2.29. The first-order valence-electron chi connectivity index (χ1n) is 7.51. The largest absolute Gasteiger partial charge is 0.325 e. The second kappa shape index (κ2) is 6.73. The van der Waals surface area contributed by atoms with Gasteiger partial charge in [0.2, 0.25) is 5.91 Å². The fourth-order valence-electron chi connectivity index (χ4n) is 2.67. The Kier molecular flexibility index (Phi) is 4.98. The van der Waals surface area contributed by atoms with E-state index >= 15 is 0 Å². The van der Waals surface area contributed by atoms with E-state index in [0.717, 1.165) is 31.6 Å². The number of nitrogens with zero attached hydrogens (tertiary/aromatic N) is 2. The van der Waals surface area contributed by atoms with E-state index in [9.17, 15) is 4.79 Å². The maximum Gasteiger partial charge on any atom is 0.238 e. The van der Waals surface area contributed by atoms with Crippen molar-refractivity contribution in [3.63, 3.8) is 0 Å². The van der Waals surface area contributed by atoms with Crippen molar-refractivity contribution in [2.75, 3.05) is 25.0 Å². The molecule has 4 heteroatoms. The lowest BCUT2D eigenvalue weighted by Gasteiger charge is -2.23. The Morgan fingerprint density at radius 2 is 2.00 bits per heavy atom. The van der Waals surface area contributed by atoms with Gasteiger partial charge in [-0.25, -0.2) is 0 Å². The third-order valence-corrected chi connectivity index (χ3v) is 4.10. The molecule has 1 aromatic rings. The van der Waals surface area contributed by atoms with Crippen LogP contribution in [0.4, 0.5) is 5.69 Å². The van der Waals surface area contributed by atoms with Crippen LogP contribution < -0.4 is 5.32 Å². The summed E-state index contributed by atoms with van der Waals surface area (Å²) in [5.74, 6) is 0.0133. The average molecular weight is 285 g/mol. The summed E-state index contributed by atoms with van der Waals surface area (Å²) in [7, 11) is 0. The topological polar surface area (TPSA) is 56.1 Å². The van der Waals surface area contributed by atoms with E-state index in [2.05, 4.69) is 30.1 Å². The van der Waals surface area contributed by atoms with Crippen LogP contribution >= 0.6 is 0 Å². The fraction of sp³-hybridized carbons (Fsp3) is 0.529. The van der Waals surface area contributed by atoms with Gasteiger partial charge in [0.05, 0.1) is 18.2 Å². The van der Waals surface area contributed by atoms with Crippen LogP contribution in [0.1, 0.15) is 38.7 Å². The minimum Gasteiger partial charge on any atom is -0.325 e. The van der Waals surface area contributed by atoms with E-state index in [1.165, 1.54) is 6.42 Å². The number of amides is 1. The van der Waals surface area contributed by atoms with E-state index in [1.807, 2.05) is 0 Å². The molecule has 1 aliphatic heterocycles. The Morgan fingerprint density at radius 1 is 1.29 bits per heavy atom. The van der Waals surface area contributed by atoms with Crippen LogP contribution in [0.2, 0.25) is 0 Å². The van der Waals surface area contributed by atoms with Crippen molar-refractivity contribution < 1.29 is 4.79 Å². The molecule has 1 saturated heterocycles. The minimum absolute atomic E-state index is 0.0133. The number of hydrogen-bond acceptors (Lipinski definition) is 3. The zero-order valence-corrected chi connectivity index (χ0v) is 12.9. The molecule has 1 N–H and O–H groups in total. The Hall–Kier alpha value is -1.86. The van der Waals surface area contributed by atoms with Crippen molar-refractivity contribution in [1.82, 2.24) is 4.90 Å². The van der Waals surface area contributed by atoms with Gasteiger partial charge in [0, 0.05) is 5.69 Å². The van der Waals surface area contributed by atoms with Crippen molar-refractivity contribution in [3.05, 3.63) is 29.8 Å². The highest BCUT2D eigenvalue weighted by atomic mass is 16.2. The van der Waals surface area contributed by atoms with Crippen molar-refractivity contribution in [3.8, 4) is 6.07 Å². The molecule has 0 saturated carbocycles. The molecule has 0 unspecified atom stereocenters.